The molecule has 2 saturated heterocycles. The molecule has 170 valence electrons. The van der Waals surface area contributed by atoms with Gasteiger partial charge in [0.15, 0.2) is 6.61 Å². The molecule has 2 bridgehead atoms. The van der Waals surface area contributed by atoms with E-state index in [-0.39, 0.29) is 18.6 Å². The summed E-state index contributed by atoms with van der Waals surface area (Å²) in [5.74, 6) is 0.140. The standard InChI is InChI=1S/C23H26Cl2N4O3/c24-15-3-1-14(2-4-15)12-29-18-6-7-19(29)11-17(10-18)27-22(30)13-32-21-8-5-16(25)9-20(21)28-23(26)31/h1-5,8-9,17-19H,6-7,10-13H2,(H,27,30)(H3,26,28,31)/t17-,18+,19-. The molecule has 2 aromatic rings. The Morgan fingerprint density at radius 3 is 2.34 bits per heavy atom. The number of fused-ring (bicyclic) bond motifs is 2. The molecule has 0 aliphatic carbocycles. The maximum absolute atomic E-state index is 12.5. The molecule has 9 heteroatoms. The number of hydrogen-bond acceptors (Lipinski definition) is 4. The number of carbonyl (C=O) groups excluding carboxylic acids is 2. The third kappa shape index (κ3) is 5.65. The highest BCUT2D eigenvalue weighted by Crippen LogP contribution is 2.37. The Bertz CT molecular complexity index is 972. The van der Waals surface area contributed by atoms with Crippen molar-refractivity contribution in [3.05, 3.63) is 58.1 Å². The maximum atomic E-state index is 12.5. The van der Waals surface area contributed by atoms with Crippen LogP contribution in [-0.4, -0.2) is 41.6 Å². The quantitative estimate of drug-likeness (QED) is 0.558. The first kappa shape index (κ1) is 22.7. The first-order valence-electron chi connectivity index (χ1n) is 10.7. The van der Waals surface area contributed by atoms with Gasteiger partial charge in [-0.15, -0.1) is 0 Å². The van der Waals surface area contributed by atoms with Crippen LogP contribution in [0.15, 0.2) is 42.5 Å². The molecule has 2 fully saturated rings. The molecule has 0 radical (unpaired) electrons. The number of amides is 3. The van der Waals surface area contributed by atoms with Crippen molar-refractivity contribution >= 4 is 40.8 Å². The Morgan fingerprint density at radius 2 is 1.69 bits per heavy atom. The van der Waals surface area contributed by atoms with Crippen LogP contribution in [0.5, 0.6) is 5.75 Å². The number of nitrogens with zero attached hydrogens (tertiary/aromatic N) is 1. The van der Waals surface area contributed by atoms with Gasteiger partial charge >= 0.3 is 6.03 Å². The fourth-order valence-corrected chi connectivity index (χ4v) is 5.02. The summed E-state index contributed by atoms with van der Waals surface area (Å²) in [6, 6.07) is 13.0. The summed E-state index contributed by atoms with van der Waals surface area (Å²) < 4.78 is 5.61. The van der Waals surface area contributed by atoms with Crippen molar-refractivity contribution in [1.82, 2.24) is 10.2 Å². The molecule has 3 atom stereocenters. The molecule has 3 amide bonds. The molecular formula is C23H26Cl2N4O3. The highest BCUT2D eigenvalue weighted by atomic mass is 35.5. The molecule has 4 rings (SSSR count). The molecule has 0 saturated carbocycles. The second-order valence-corrected chi connectivity index (χ2v) is 9.21. The van der Waals surface area contributed by atoms with Crippen molar-refractivity contribution in [3.63, 3.8) is 0 Å². The summed E-state index contributed by atoms with van der Waals surface area (Å²) in [5.41, 5.74) is 6.76. The van der Waals surface area contributed by atoms with E-state index in [0.29, 0.717) is 28.5 Å². The second-order valence-electron chi connectivity index (χ2n) is 8.34. The Balaban J connectivity index is 1.29. The summed E-state index contributed by atoms with van der Waals surface area (Å²) in [5, 5.41) is 6.73. The molecule has 0 spiro atoms. The summed E-state index contributed by atoms with van der Waals surface area (Å²) in [6.45, 7) is 0.748. The minimum absolute atomic E-state index is 0.124. The van der Waals surface area contributed by atoms with Crippen molar-refractivity contribution in [3.8, 4) is 5.75 Å². The monoisotopic (exact) mass is 476 g/mol. The number of piperidine rings is 1. The number of primary amides is 1. The van der Waals surface area contributed by atoms with Crippen molar-refractivity contribution in [2.45, 2.75) is 50.4 Å². The van der Waals surface area contributed by atoms with E-state index in [2.05, 4.69) is 27.7 Å². The molecule has 2 aliphatic rings. The summed E-state index contributed by atoms with van der Waals surface area (Å²) >= 11 is 12.0. The number of nitrogens with two attached hydrogens (primary N) is 1. The Morgan fingerprint density at radius 1 is 1.03 bits per heavy atom. The summed E-state index contributed by atoms with van der Waals surface area (Å²) in [4.78, 5) is 26.3. The average Bonchev–Trinajstić information content (AvgIpc) is 2.96. The fraction of sp³-hybridized carbons (Fsp3) is 0.391. The second kappa shape index (κ2) is 9.98. The minimum Gasteiger partial charge on any atom is -0.482 e. The van der Waals surface area contributed by atoms with Gasteiger partial charge in [-0.3, -0.25) is 9.69 Å². The van der Waals surface area contributed by atoms with E-state index >= 15 is 0 Å². The van der Waals surface area contributed by atoms with Crippen molar-refractivity contribution in [2.75, 3.05) is 11.9 Å². The van der Waals surface area contributed by atoms with E-state index in [4.69, 9.17) is 33.7 Å². The Kier molecular flexibility index (Phi) is 7.08. The molecule has 2 aliphatic heterocycles. The van der Waals surface area contributed by atoms with Crippen LogP contribution < -0.4 is 21.1 Å². The number of benzene rings is 2. The van der Waals surface area contributed by atoms with Crippen molar-refractivity contribution in [1.29, 1.82) is 0 Å². The Hall–Kier alpha value is -2.48. The van der Waals surface area contributed by atoms with Gasteiger partial charge in [0.1, 0.15) is 5.75 Å². The van der Waals surface area contributed by atoms with Crippen LogP contribution in [0.2, 0.25) is 10.0 Å². The van der Waals surface area contributed by atoms with Gasteiger partial charge in [0.05, 0.1) is 5.69 Å². The van der Waals surface area contributed by atoms with Crippen LogP contribution in [0, 0.1) is 0 Å². The predicted molar refractivity (Wildman–Crippen MR) is 125 cm³/mol. The zero-order valence-corrected chi connectivity index (χ0v) is 19.0. The van der Waals surface area contributed by atoms with Crippen LogP contribution >= 0.6 is 23.2 Å². The third-order valence-electron chi connectivity index (χ3n) is 6.09. The largest absolute Gasteiger partial charge is 0.482 e. The van der Waals surface area contributed by atoms with E-state index in [1.165, 1.54) is 11.6 Å². The number of carbonyl (C=O) groups is 2. The molecule has 4 N–H and O–H groups in total. The van der Waals surface area contributed by atoms with Gasteiger partial charge < -0.3 is 21.1 Å². The first-order chi connectivity index (χ1) is 15.4. The topological polar surface area (TPSA) is 96.7 Å². The van der Waals surface area contributed by atoms with E-state index in [9.17, 15) is 9.59 Å². The lowest BCUT2D eigenvalue weighted by Gasteiger charge is -2.39. The SMILES string of the molecule is NC(=O)Nc1cc(Cl)ccc1OCC(=O)N[C@H]1C[C@H]2CC[C@@H](C1)N2Cc1ccc(Cl)cc1. The van der Waals surface area contributed by atoms with Crippen LogP contribution in [0.4, 0.5) is 10.5 Å². The predicted octanol–water partition coefficient (Wildman–Crippen LogP) is 4.17. The lowest BCUT2D eigenvalue weighted by atomic mass is 9.96. The van der Waals surface area contributed by atoms with Gasteiger partial charge in [0.2, 0.25) is 0 Å². The number of rotatable bonds is 7. The lowest BCUT2D eigenvalue weighted by molar-refractivity contribution is -0.124. The van der Waals surface area contributed by atoms with Gasteiger partial charge in [-0.05, 0) is 61.6 Å². The van der Waals surface area contributed by atoms with Gasteiger partial charge in [-0.2, -0.15) is 0 Å². The highest BCUT2D eigenvalue weighted by molar-refractivity contribution is 6.31. The number of halogens is 2. The highest BCUT2D eigenvalue weighted by Gasteiger charge is 2.40. The van der Waals surface area contributed by atoms with Gasteiger partial charge in [0, 0.05) is 34.7 Å². The fourth-order valence-electron chi connectivity index (χ4n) is 4.72. The van der Waals surface area contributed by atoms with E-state index in [1.54, 1.807) is 12.1 Å². The number of nitrogens with one attached hydrogen (secondary N) is 2. The molecular weight excluding hydrogens is 451 g/mol. The third-order valence-corrected chi connectivity index (χ3v) is 6.57. The minimum atomic E-state index is -0.734. The molecule has 2 heterocycles. The molecule has 2 aromatic carbocycles. The number of urea groups is 1. The smallest absolute Gasteiger partial charge is 0.316 e. The zero-order chi connectivity index (χ0) is 22.7. The molecule has 7 nitrogen and oxygen atoms in total. The molecule has 0 aromatic heterocycles. The van der Waals surface area contributed by atoms with Crippen LogP contribution in [0.1, 0.15) is 31.2 Å². The zero-order valence-electron chi connectivity index (χ0n) is 17.5. The van der Waals surface area contributed by atoms with Crippen molar-refractivity contribution in [2.24, 2.45) is 5.73 Å². The van der Waals surface area contributed by atoms with Gasteiger partial charge in [-0.25, -0.2) is 4.79 Å². The number of ether oxygens (including phenoxy) is 1. The van der Waals surface area contributed by atoms with Crippen molar-refractivity contribution < 1.29 is 14.3 Å². The van der Waals surface area contributed by atoms with Gasteiger partial charge in [0.25, 0.3) is 5.91 Å². The van der Waals surface area contributed by atoms with Crippen LogP contribution in [0.25, 0.3) is 0 Å². The molecule has 0 unspecified atom stereocenters. The average molecular weight is 477 g/mol. The van der Waals surface area contributed by atoms with E-state index in [0.717, 1.165) is 37.3 Å². The van der Waals surface area contributed by atoms with Crippen LogP contribution in [0.3, 0.4) is 0 Å². The van der Waals surface area contributed by atoms with Crippen LogP contribution in [-0.2, 0) is 11.3 Å². The van der Waals surface area contributed by atoms with Gasteiger partial charge in [-0.1, -0.05) is 35.3 Å². The molecule has 32 heavy (non-hydrogen) atoms. The summed E-state index contributed by atoms with van der Waals surface area (Å²) in [7, 11) is 0. The lowest BCUT2D eigenvalue weighted by Crippen LogP contribution is -2.50. The van der Waals surface area contributed by atoms with E-state index in [1.807, 2.05) is 12.1 Å². The first-order valence-corrected chi connectivity index (χ1v) is 11.4. The van der Waals surface area contributed by atoms with E-state index < -0.39 is 6.03 Å². The number of hydrogen-bond donors (Lipinski definition) is 3. The normalized spacial score (nSPS) is 22.4. The summed E-state index contributed by atoms with van der Waals surface area (Å²) in [6.07, 6.45) is 4.14. The number of anilines is 1. The Labute approximate surface area is 197 Å². The maximum Gasteiger partial charge on any atom is 0.316 e.